The van der Waals surface area contributed by atoms with Crippen LogP contribution in [0.3, 0.4) is 0 Å². The van der Waals surface area contributed by atoms with Gasteiger partial charge >= 0.3 is 6.09 Å². The molecule has 1 amide bonds. The van der Waals surface area contributed by atoms with E-state index in [1.807, 2.05) is 0 Å². The van der Waals surface area contributed by atoms with Crippen molar-refractivity contribution in [3.63, 3.8) is 0 Å². The van der Waals surface area contributed by atoms with E-state index in [1.54, 1.807) is 0 Å². The number of nitrogens with one attached hydrogen (secondary N) is 3. The van der Waals surface area contributed by atoms with Crippen molar-refractivity contribution in [2.45, 2.75) is 90.6 Å². The zero-order valence-corrected chi connectivity index (χ0v) is 20.8. The lowest BCUT2D eigenvalue weighted by Gasteiger charge is -2.32. The molecule has 3 aliphatic rings. The first-order valence-electron chi connectivity index (χ1n) is 13.2. The summed E-state index contributed by atoms with van der Waals surface area (Å²) in [5, 5.41) is 23.1. The molecule has 2 aromatic heterocycles. The standard InChI is InChI=1S/C26H37N7O2/c1-15-10-12-17(13-11-15)14-33-20-22(28-16(2)18-8-5-9-18)30-24(21(27)29-26(34)35)31-23(20)32-25(33)19-6-3-4-7-19/h6,15-18H,3-5,7-14H2,1-2H3,(H2,27,29)(H,34,35)(H,28,30,31)/t15?,16-,17?/m1/s1. The van der Waals surface area contributed by atoms with Crippen LogP contribution in [0, 0.1) is 23.2 Å². The second kappa shape index (κ2) is 9.95. The monoisotopic (exact) mass is 479 g/mol. The average molecular weight is 480 g/mol. The van der Waals surface area contributed by atoms with E-state index < -0.39 is 6.09 Å². The number of carboxylic acid groups (broad SMARTS) is 1. The SMILES string of the molecule is CC1CCC(Cn2c(C3=CCCC3)nc3nc(C(=N)NC(=O)O)nc(N[C@H](C)C4CCC4)c32)CC1. The Morgan fingerprint density at radius 3 is 2.57 bits per heavy atom. The fourth-order valence-electron chi connectivity index (χ4n) is 5.75. The van der Waals surface area contributed by atoms with E-state index in [9.17, 15) is 4.79 Å². The normalized spacial score (nSPS) is 23.5. The summed E-state index contributed by atoms with van der Waals surface area (Å²) >= 11 is 0. The Hall–Kier alpha value is -2.97. The van der Waals surface area contributed by atoms with Gasteiger partial charge in [0.05, 0.1) is 0 Å². The molecule has 2 saturated carbocycles. The molecule has 9 nitrogen and oxygen atoms in total. The molecule has 9 heteroatoms. The van der Waals surface area contributed by atoms with Crippen molar-refractivity contribution in [3.05, 3.63) is 17.7 Å². The molecule has 0 saturated heterocycles. The minimum Gasteiger partial charge on any atom is -0.465 e. The van der Waals surface area contributed by atoms with Gasteiger partial charge in [0, 0.05) is 12.6 Å². The van der Waals surface area contributed by atoms with Crippen LogP contribution < -0.4 is 10.6 Å². The summed E-state index contributed by atoms with van der Waals surface area (Å²) in [6.07, 6.45) is 12.8. The van der Waals surface area contributed by atoms with Gasteiger partial charge in [-0.05, 0) is 75.2 Å². The maximum absolute atomic E-state index is 11.2. The van der Waals surface area contributed by atoms with E-state index in [4.69, 9.17) is 15.5 Å². The fraction of sp³-hybridized carbons (Fsp3) is 0.654. The molecule has 3 aliphatic carbocycles. The lowest BCUT2D eigenvalue weighted by molar-refractivity contribution is 0.200. The zero-order valence-electron chi connectivity index (χ0n) is 20.8. The van der Waals surface area contributed by atoms with Crippen molar-refractivity contribution >= 4 is 34.5 Å². The predicted molar refractivity (Wildman–Crippen MR) is 137 cm³/mol. The number of anilines is 1. The summed E-state index contributed by atoms with van der Waals surface area (Å²) in [5.74, 6) is 3.30. The van der Waals surface area contributed by atoms with Gasteiger partial charge in [-0.15, -0.1) is 0 Å². The molecular weight excluding hydrogens is 442 g/mol. The van der Waals surface area contributed by atoms with Gasteiger partial charge in [-0.25, -0.2) is 19.7 Å². The summed E-state index contributed by atoms with van der Waals surface area (Å²) in [5.41, 5.74) is 2.66. The highest BCUT2D eigenvalue weighted by molar-refractivity contribution is 6.03. The zero-order chi connectivity index (χ0) is 24.5. The first-order valence-corrected chi connectivity index (χ1v) is 13.2. The summed E-state index contributed by atoms with van der Waals surface area (Å²) in [4.78, 5) is 25.4. The number of rotatable bonds is 7. The third-order valence-electron chi connectivity index (χ3n) is 8.18. The highest BCUT2D eigenvalue weighted by Gasteiger charge is 2.29. The van der Waals surface area contributed by atoms with E-state index in [0.29, 0.717) is 23.3 Å². The number of aromatic nitrogens is 4. The summed E-state index contributed by atoms with van der Waals surface area (Å²) in [6.45, 7) is 5.41. The fourth-order valence-corrected chi connectivity index (χ4v) is 5.75. The van der Waals surface area contributed by atoms with E-state index in [0.717, 1.165) is 43.1 Å². The van der Waals surface area contributed by atoms with Gasteiger partial charge in [-0.2, -0.15) is 0 Å². The molecule has 0 unspecified atom stereocenters. The van der Waals surface area contributed by atoms with Crippen LogP contribution >= 0.6 is 0 Å². The van der Waals surface area contributed by atoms with Gasteiger partial charge in [0.25, 0.3) is 0 Å². The molecule has 2 fully saturated rings. The van der Waals surface area contributed by atoms with E-state index >= 15 is 0 Å². The number of hydrogen-bond acceptors (Lipinski definition) is 6. The number of carbonyl (C=O) groups is 1. The molecule has 0 bridgehead atoms. The highest BCUT2D eigenvalue weighted by Crippen LogP contribution is 2.37. The summed E-state index contributed by atoms with van der Waals surface area (Å²) in [6, 6.07) is 0.226. The van der Waals surface area contributed by atoms with Crippen molar-refractivity contribution in [1.82, 2.24) is 24.8 Å². The topological polar surface area (TPSA) is 129 Å². The van der Waals surface area contributed by atoms with Crippen molar-refractivity contribution in [2.75, 3.05) is 5.32 Å². The third kappa shape index (κ3) is 5.04. The summed E-state index contributed by atoms with van der Waals surface area (Å²) < 4.78 is 2.32. The highest BCUT2D eigenvalue weighted by atomic mass is 16.4. The van der Waals surface area contributed by atoms with Crippen LogP contribution in [-0.2, 0) is 6.54 Å². The molecule has 4 N–H and O–H groups in total. The van der Waals surface area contributed by atoms with Gasteiger partial charge in [0.15, 0.2) is 23.1 Å². The number of allylic oxidation sites excluding steroid dienone is 2. The molecule has 0 spiro atoms. The number of nitrogens with zero attached hydrogens (tertiary/aromatic N) is 4. The maximum atomic E-state index is 11.2. The van der Waals surface area contributed by atoms with Crippen molar-refractivity contribution in [3.8, 4) is 0 Å². The average Bonchev–Trinajstić information content (AvgIpc) is 3.42. The van der Waals surface area contributed by atoms with E-state index in [-0.39, 0.29) is 17.7 Å². The molecule has 5 rings (SSSR count). The smallest absolute Gasteiger partial charge is 0.410 e. The molecule has 35 heavy (non-hydrogen) atoms. The lowest BCUT2D eigenvalue weighted by atomic mass is 9.80. The van der Waals surface area contributed by atoms with Crippen LogP contribution in [0.25, 0.3) is 16.7 Å². The Bertz CT molecular complexity index is 1140. The van der Waals surface area contributed by atoms with Gasteiger partial charge in [-0.1, -0.05) is 32.3 Å². The van der Waals surface area contributed by atoms with Crippen molar-refractivity contribution in [1.29, 1.82) is 5.41 Å². The minimum absolute atomic E-state index is 0.0475. The number of amidine groups is 1. The lowest BCUT2D eigenvalue weighted by Crippen LogP contribution is -2.33. The number of hydrogen-bond donors (Lipinski definition) is 4. The number of fused-ring (bicyclic) bond motifs is 1. The molecule has 0 aliphatic heterocycles. The predicted octanol–water partition coefficient (Wildman–Crippen LogP) is 5.41. The van der Waals surface area contributed by atoms with Gasteiger partial charge in [-0.3, -0.25) is 10.7 Å². The molecule has 1 atom stereocenters. The van der Waals surface area contributed by atoms with Crippen LogP contribution in [-0.4, -0.2) is 42.6 Å². The minimum atomic E-state index is -1.30. The van der Waals surface area contributed by atoms with Crippen molar-refractivity contribution in [2.24, 2.45) is 17.8 Å². The van der Waals surface area contributed by atoms with Crippen LogP contribution in [0.5, 0.6) is 0 Å². The van der Waals surface area contributed by atoms with Crippen LogP contribution in [0.4, 0.5) is 10.6 Å². The van der Waals surface area contributed by atoms with Crippen LogP contribution in [0.15, 0.2) is 6.08 Å². The van der Waals surface area contributed by atoms with Crippen molar-refractivity contribution < 1.29 is 9.90 Å². The molecule has 2 aromatic rings. The number of amides is 1. The largest absolute Gasteiger partial charge is 0.465 e. The molecule has 188 valence electrons. The van der Waals surface area contributed by atoms with Gasteiger partial charge in [0.1, 0.15) is 11.3 Å². The molecule has 0 radical (unpaired) electrons. The first-order chi connectivity index (χ1) is 16.9. The van der Waals surface area contributed by atoms with Gasteiger partial charge < -0.3 is 15.0 Å². The van der Waals surface area contributed by atoms with E-state index in [2.05, 4.69) is 45.1 Å². The maximum Gasteiger partial charge on any atom is 0.410 e. The van der Waals surface area contributed by atoms with Crippen LogP contribution in [0.2, 0.25) is 0 Å². The Kier molecular flexibility index (Phi) is 6.75. The van der Waals surface area contributed by atoms with E-state index in [1.165, 1.54) is 50.5 Å². The van der Waals surface area contributed by atoms with Gasteiger partial charge in [0.2, 0.25) is 0 Å². The Morgan fingerprint density at radius 2 is 1.94 bits per heavy atom. The molecular formula is C26H37N7O2. The molecule has 2 heterocycles. The second-order valence-corrected chi connectivity index (χ2v) is 10.8. The summed E-state index contributed by atoms with van der Waals surface area (Å²) in [7, 11) is 0. The second-order valence-electron chi connectivity index (χ2n) is 10.8. The Morgan fingerprint density at radius 1 is 1.17 bits per heavy atom. The quantitative estimate of drug-likeness (QED) is 0.310. The van der Waals surface area contributed by atoms with Crippen LogP contribution in [0.1, 0.15) is 89.7 Å². The Balaban J connectivity index is 1.60. The third-order valence-corrected chi connectivity index (χ3v) is 8.18. The number of imidazole rings is 1. The Labute approximate surface area is 206 Å². The first kappa shape index (κ1) is 23.8. The molecule has 0 aromatic carbocycles.